The van der Waals surface area contributed by atoms with Crippen molar-refractivity contribution in [2.45, 2.75) is 17.9 Å². The van der Waals surface area contributed by atoms with Gasteiger partial charge in [0.25, 0.3) is 0 Å². The van der Waals surface area contributed by atoms with E-state index in [4.69, 9.17) is 11.6 Å². The Morgan fingerprint density at radius 1 is 1.24 bits per heavy atom. The summed E-state index contributed by atoms with van der Waals surface area (Å²) in [6.07, 6.45) is 0. The molecule has 0 heterocycles. The van der Waals surface area contributed by atoms with Crippen molar-refractivity contribution < 1.29 is 4.39 Å². The maximum Gasteiger partial charge on any atom is 0.142 e. The van der Waals surface area contributed by atoms with Gasteiger partial charge in [0, 0.05) is 22.3 Å². The molecule has 1 N–H and O–H groups in total. The molecule has 2 rings (SSSR count). The highest BCUT2D eigenvalue weighted by Crippen LogP contribution is 2.32. The van der Waals surface area contributed by atoms with Crippen molar-refractivity contribution >= 4 is 39.3 Å². The normalized spacial score (nSPS) is 12.4. The van der Waals surface area contributed by atoms with E-state index in [1.807, 2.05) is 43.3 Å². The van der Waals surface area contributed by atoms with Crippen molar-refractivity contribution in [1.82, 2.24) is 5.32 Å². The van der Waals surface area contributed by atoms with E-state index in [1.54, 1.807) is 17.8 Å². The fourth-order valence-electron chi connectivity index (χ4n) is 2.03. The SMILES string of the molecule is CCNC(CSc1ccccc1Cl)c1cccc(Br)c1F. The van der Waals surface area contributed by atoms with E-state index >= 15 is 0 Å². The van der Waals surface area contributed by atoms with Crippen molar-refractivity contribution in [2.75, 3.05) is 12.3 Å². The molecule has 2 aromatic carbocycles. The molecular weight excluding hydrogens is 373 g/mol. The van der Waals surface area contributed by atoms with Crippen LogP contribution in [0.5, 0.6) is 0 Å². The largest absolute Gasteiger partial charge is 0.309 e. The van der Waals surface area contributed by atoms with Gasteiger partial charge in [0.15, 0.2) is 0 Å². The molecule has 0 saturated heterocycles. The molecule has 5 heteroatoms. The zero-order valence-corrected chi connectivity index (χ0v) is 14.7. The van der Waals surface area contributed by atoms with Gasteiger partial charge in [-0.25, -0.2) is 4.39 Å². The predicted octanol–water partition coefficient (Wildman–Crippen LogP) is 5.68. The van der Waals surface area contributed by atoms with Gasteiger partial charge >= 0.3 is 0 Å². The van der Waals surface area contributed by atoms with Crippen LogP contribution in [-0.4, -0.2) is 12.3 Å². The molecule has 112 valence electrons. The summed E-state index contributed by atoms with van der Waals surface area (Å²) in [6.45, 7) is 2.79. The molecule has 1 atom stereocenters. The second-order valence-corrected chi connectivity index (χ2v) is 6.82. The molecule has 1 unspecified atom stereocenters. The van der Waals surface area contributed by atoms with Gasteiger partial charge in [-0.3, -0.25) is 0 Å². The van der Waals surface area contributed by atoms with Crippen molar-refractivity contribution in [3.05, 3.63) is 63.3 Å². The molecule has 0 saturated carbocycles. The molecule has 0 fully saturated rings. The van der Waals surface area contributed by atoms with E-state index in [0.29, 0.717) is 15.8 Å². The zero-order chi connectivity index (χ0) is 15.2. The highest BCUT2D eigenvalue weighted by Gasteiger charge is 2.17. The van der Waals surface area contributed by atoms with E-state index in [1.165, 1.54) is 0 Å². The summed E-state index contributed by atoms with van der Waals surface area (Å²) in [5, 5.41) is 4.06. The molecule has 0 aliphatic rings. The second kappa shape index (κ2) is 8.18. The maximum atomic E-state index is 14.3. The van der Waals surface area contributed by atoms with Crippen molar-refractivity contribution in [3.8, 4) is 0 Å². The zero-order valence-electron chi connectivity index (χ0n) is 11.6. The summed E-state index contributed by atoms with van der Waals surface area (Å²) in [4.78, 5) is 1.01. The van der Waals surface area contributed by atoms with E-state index < -0.39 is 0 Å². The summed E-state index contributed by atoms with van der Waals surface area (Å²) in [6, 6.07) is 13.0. The van der Waals surface area contributed by atoms with E-state index in [-0.39, 0.29) is 11.9 Å². The average molecular weight is 389 g/mol. The van der Waals surface area contributed by atoms with Crippen LogP contribution in [0.3, 0.4) is 0 Å². The standard InChI is InChI=1S/C16H16BrClFNS/c1-2-20-14(11-6-5-7-12(17)16(11)19)10-21-15-9-4-3-8-13(15)18/h3-9,14,20H,2,10H2,1H3. The second-order valence-electron chi connectivity index (χ2n) is 4.49. The quantitative estimate of drug-likeness (QED) is 0.638. The molecule has 1 nitrogen and oxygen atoms in total. The number of hydrogen-bond donors (Lipinski definition) is 1. The van der Waals surface area contributed by atoms with Gasteiger partial charge in [-0.1, -0.05) is 42.8 Å². The van der Waals surface area contributed by atoms with Crippen molar-refractivity contribution in [3.63, 3.8) is 0 Å². The third-order valence-corrected chi connectivity index (χ3v) is 5.27. The Labute approximate surface area is 142 Å². The third-order valence-electron chi connectivity index (χ3n) is 3.05. The van der Waals surface area contributed by atoms with Crippen LogP contribution in [0.1, 0.15) is 18.5 Å². The Balaban J connectivity index is 2.16. The lowest BCUT2D eigenvalue weighted by Crippen LogP contribution is -2.24. The Morgan fingerprint density at radius 3 is 2.71 bits per heavy atom. The van der Waals surface area contributed by atoms with Gasteiger partial charge in [0.1, 0.15) is 5.82 Å². The topological polar surface area (TPSA) is 12.0 Å². The summed E-state index contributed by atoms with van der Waals surface area (Å²) in [5.41, 5.74) is 0.672. The number of nitrogens with one attached hydrogen (secondary N) is 1. The summed E-state index contributed by atoms with van der Waals surface area (Å²) >= 11 is 11.0. The van der Waals surface area contributed by atoms with Gasteiger partial charge in [0.05, 0.1) is 9.50 Å². The number of hydrogen-bond acceptors (Lipinski definition) is 2. The smallest absolute Gasteiger partial charge is 0.142 e. The van der Waals surface area contributed by atoms with Crippen LogP contribution in [0.2, 0.25) is 5.02 Å². The van der Waals surface area contributed by atoms with Gasteiger partial charge in [-0.05, 0) is 40.7 Å². The molecular formula is C16H16BrClFNS. The van der Waals surface area contributed by atoms with Gasteiger partial charge in [0.2, 0.25) is 0 Å². The first-order valence-corrected chi connectivity index (χ1v) is 8.83. The number of halogens is 3. The minimum Gasteiger partial charge on any atom is -0.309 e. The first-order valence-electron chi connectivity index (χ1n) is 6.68. The number of thioether (sulfide) groups is 1. The lowest BCUT2D eigenvalue weighted by molar-refractivity contribution is 0.542. The van der Waals surface area contributed by atoms with Crippen LogP contribution in [0, 0.1) is 5.82 Å². The van der Waals surface area contributed by atoms with Gasteiger partial charge < -0.3 is 5.32 Å². The molecule has 0 bridgehead atoms. The van der Waals surface area contributed by atoms with E-state index in [0.717, 1.165) is 16.5 Å². The summed E-state index contributed by atoms with van der Waals surface area (Å²) < 4.78 is 14.7. The molecule has 2 aromatic rings. The highest BCUT2D eigenvalue weighted by atomic mass is 79.9. The van der Waals surface area contributed by atoms with Crippen LogP contribution in [0.25, 0.3) is 0 Å². The minimum absolute atomic E-state index is 0.0613. The molecule has 0 aliphatic heterocycles. The first-order chi connectivity index (χ1) is 10.1. The lowest BCUT2D eigenvalue weighted by Gasteiger charge is -2.19. The Bertz CT molecular complexity index is 609. The van der Waals surface area contributed by atoms with E-state index in [9.17, 15) is 4.39 Å². The van der Waals surface area contributed by atoms with Crippen LogP contribution in [0.15, 0.2) is 51.8 Å². The Hall–Kier alpha value is -0.550. The van der Waals surface area contributed by atoms with Crippen LogP contribution < -0.4 is 5.32 Å². The highest BCUT2D eigenvalue weighted by molar-refractivity contribution is 9.10. The minimum atomic E-state index is -0.205. The Kier molecular flexibility index (Phi) is 6.55. The fraction of sp³-hybridized carbons (Fsp3) is 0.250. The average Bonchev–Trinajstić information content (AvgIpc) is 2.48. The summed E-state index contributed by atoms with van der Waals surface area (Å²) in [5.74, 6) is 0.508. The van der Waals surface area contributed by atoms with Gasteiger partial charge in [-0.2, -0.15) is 0 Å². The predicted molar refractivity (Wildman–Crippen MR) is 92.7 cm³/mol. The fourth-order valence-corrected chi connectivity index (χ4v) is 3.73. The maximum absolute atomic E-state index is 14.3. The monoisotopic (exact) mass is 387 g/mol. The lowest BCUT2D eigenvalue weighted by atomic mass is 10.1. The Morgan fingerprint density at radius 2 is 2.00 bits per heavy atom. The molecule has 21 heavy (non-hydrogen) atoms. The molecule has 0 amide bonds. The first kappa shape index (κ1) is 16.8. The molecule has 0 aromatic heterocycles. The van der Waals surface area contributed by atoms with Gasteiger partial charge in [-0.15, -0.1) is 11.8 Å². The van der Waals surface area contributed by atoms with Crippen LogP contribution in [-0.2, 0) is 0 Å². The third kappa shape index (κ3) is 4.46. The van der Waals surface area contributed by atoms with E-state index in [2.05, 4.69) is 21.2 Å². The number of benzene rings is 2. The molecule has 0 aliphatic carbocycles. The number of rotatable bonds is 6. The van der Waals surface area contributed by atoms with Crippen LogP contribution >= 0.6 is 39.3 Å². The van der Waals surface area contributed by atoms with Crippen molar-refractivity contribution in [1.29, 1.82) is 0 Å². The van der Waals surface area contributed by atoms with Crippen molar-refractivity contribution in [2.24, 2.45) is 0 Å². The molecule has 0 radical (unpaired) electrons. The molecule has 0 spiro atoms. The van der Waals surface area contributed by atoms with Crippen LogP contribution in [0.4, 0.5) is 4.39 Å². The summed E-state index contributed by atoms with van der Waals surface area (Å²) in [7, 11) is 0.